The zero-order valence-corrected chi connectivity index (χ0v) is 16.9. The van der Waals surface area contributed by atoms with E-state index < -0.39 is 0 Å². The third-order valence-electron chi connectivity index (χ3n) is 4.51. The lowest BCUT2D eigenvalue weighted by atomic mass is 10.1. The summed E-state index contributed by atoms with van der Waals surface area (Å²) in [4.78, 5) is 30.8. The number of amidine groups is 1. The van der Waals surface area contributed by atoms with Gasteiger partial charge in [-0.2, -0.15) is 0 Å². The molecule has 0 aromatic heterocycles. The van der Waals surface area contributed by atoms with E-state index in [1.807, 2.05) is 42.5 Å². The molecule has 3 aromatic carbocycles. The first-order valence-electron chi connectivity index (χ1n) is 9.35. The Labute approximate surface area is 179 Å². The Balaban J connectivity index is 1.74. The Bertz CT molecular complexity index is 1150. The third-order valence-corrected chi connectivity index (χ3v) is 4.76. The summed E-state index contributed by atoms with van der Waals surface area (Å²) in [5.41, 5.74) is 3.32. The molecular formula is C24H18ClN3O2. The van der Waals surface area contributed by atoms with Crippen LogP contribution in [0.25, 0.3) is 6.08 Å². The van der Waals surface area contributed by atoms with Crippen molar-refractivity contribution >= 4 is 46.7 Å². The van der Waals surface area contributed by atoms with Gasteiger partial charge in [0.25, 0.3) is 5.91 Å². The average Bonchev–Trinajstić information content (AvgIpc) is 3.07. The van der Waals surface area contributed by atoms with Gasteiger partial charge in [0.1, 0.15) is 11.5 Å². The Morgan fingerprint density at radius 2 is 1.63 bits per heavy atom. The maximum atomic E-state index is 13.3. The first-order valence-corrected chi connectivity index (χ1v) is 9.72. The van der Waals surface area contributed by atoms with E-state index in [1.165, 1.54) is 6.92 Å². The number of rotatable bonds is 4. The van der Waals surface area contributed by atoms with E-state index in [9.17, 15) is 9.59 Å². The molecule has 6 heteroatoms. The molecule has 1 N–H and O–H groups in total. The van der Waals surface area contributed by atoms with Gasteiger partial charge in [0.2, 0.25) is 5.91 Å². The smallest absolute Gasteiger partial charge is 0.282 e. The average molecular weight is 416 g/mol. The van der Waals surface area contributed by atoms with Crippen LogP contribution in [0.15, 0.2) is 89.6 Å². The standard InChI is InChI=1S/C24H18ClN3O2/c1-16(29)26-20-11-13-21(14-12-20)28-23(18-5-3-2-4-6-18)27-22(24(28)30)15-17-7-9-19(25)10-8-17/h2-15H,1H3,(H,26,29). The number of nitrogens with one attached hydrogen (secondary N) is 1. The van der Waals surface area contributed by atoms with Crippen LogP contribution in [0.4, 0.5) is 11.4 Å². The second-order valence-corrected chi connectivity index (χ2v) is 7.19. The minimum absolute atomic E-state index is 0.153. The number of aliphatic imine (C=N–C) groups is 1. The van der Waals surface area contributed by atoms with E-state index in [-0.39, 0.29) is 11.8 Å². The van der Waals surface area contributed by atoms with Gasteiger partial charge in [-0.3, -0.25) is 14.5 Å². The summed E-state index contributed by atoms with van der Waals surface area (Å²) in [5, 5.41) is 3.36. The zero-order chi connectivity index (χ0) is 21.1. The SMILES string of the molecule is CC(=O)Nc1ccc(N2C(=O)C(=Cc3ccc(Cl)cc3)N=C2c2ccccc2)cc1. The molecule has 1 aliphatic rings. The summed E-state index contributed by atoms with van der Waals surface area (Å²) < 4.78 is 0. The molecule has 30 heavy (non-hydrogen) atoms. The van der Waals surface area contributed by atoms with Crippen LogP contribution in [0.1, 0.15) is 18.1 Å². The first kappa shape index (κ1) is 19.6. The van der Waals surface area contributed by atoms with Crippen LogP contribution in [-0.2, 0) is 9.59 Å². The maximum Gasteiger partial charge on any atom is 0.282 e. The van der Waals surface area contributed by atoms with Crippen molar-refractivity contribution in [3.63, 3.8) is 0 Å². The van der Waals surface area contributed by atoms with Crippen LogP contribution < -0.4 is 10.2 Å². The summed E-state index contributed by atoms with van der Waals surface area (Å²) in [6.45, 7) is 1.45. The second-order valence-electron chi connectivity index (χ2n) is 6.75. The molecule has 0 fully saturated rings. The molecular weight excluding hydrogens is 398 g/mol. The van der Waals surface area contributed by atoms with Crippen LogP contribution >= 0.6 is 11.6 Å². The fourth-order valence-corrected chi connectivity index (χ4v) is 3.28. The predicted molar refractivity (Wildman–Crippen MR) is 121 cm³/mol. The number of hydrogen-bond donors (Lipinski definition) is 1. The van der Waals surface area contributed by atoms with Crippen molar-refractivity contribution in [1.82, 2.24) is 0 Å². The van der Waals surface area contributed by atoms with E-state index in [2.05, 4.69) is 10.3 Å². The van der Waals surface area contributed by atoms with E-state index in [0.717, 1.165) is 11.1 Å². The van der Waals surface area contributed by atoms with Gasteiger partial charge >= 0.3 is 0 Å². The first-order chi connectivity index (χ1) is 14.5. The molecule has 3 aromatic rings. The highest BCUT2D eigenvalue weighted by Gasteiger charge is 2.32. The van der Waals surface area contributed by atoms with Gasteiger partial charge < -0.3 is 5.32 Å². The van der Waals surface area contributed by atoms with Crippen LogP contribution in [0.2, 0.25) is 5.02 Å². The summed E-state index contributed by atoms with van der Waals surface area (Å²) in [6.07, 6.45) is 1.74. The van der Waals surface area contributed by atoms with Gasteiger partial charge in [0.05, 0.1) is 5.69 Å². The number of hydrogen-bond acceptors (Lipinski definition) is 3. The van der Waals surface area contributed by atoms with Gasteiger partial charge in [-0.05, 0) is 48.0 Å². The normalized spacial score (nSPS) is 14.7. The molecule has 1 aliphatic heterocycles. The molecule has 1 heterocycles. The van der Waals surface area contributed by atoms with Crippen molar-refractivity contribution in [3.05, 3.63) is 101 Å². The fourth-order valence-electron chi connectivity index (χ4n) is 3.15. The monoisotopic (exact) mass is 415 g/mol. The summed E-state index contributed by atoms with van der Waals surface area (Å²) in [7, 11) is 0. The van der Waals surface area contributed by atoms with Gasteiger partial charge in [-0.25, -0.2) is 4.99 Å². The molecule has 0 saturated carbocycles. The lowest BCUT2D eigenvalue weighted by Crippen LogP contribution is -2.32. The Morgan fingerprint density at radius 1 is 0.967 bits per heavy atom. The van der Waals surface area contributed by atoms with Crippen molar-refractivity contribution in [2.45, 2.75) is 6.92 Å². The van der Waals surface area contributed by atoms with Gasteiger partial charge in [0.15, 0.2) is 0 Å². The van der Waals surface area contributed by atoms with Crippen LogP contribution in [-0.4, -0.2) is 17.6 Å². The number of carbonyl (C=O) groups excluding carboxylic acids is 2. The van der Waals surface area contributed by atoms with Gasteiger partial charge in [0, 0.05) is 23.2 Å². The van der Waals surface area contributed by atoms with Crippen molar-refractivity contribution in [2.24, 2.45) is 4.99 Å². The van der Waals surface area contributed by atoms with E-state index in [1.54, 1.807) is 47.4 Å². The largest absolute Gasteiger partial charge is 0.326 e. The molecule has 5 nitrogen and oxygen atoms in total. The number of carbonyl (C=O) groups is 2. The number of nitrogens with zero attached hydrogens (tertiary/aromatic N) is 2. The molecule has 0 aliphatic carbocycles. The van der Waals surface area contributed by atoms with Crippen molar-refractivity contribution in [3.8, 4) is 0 Å². The summed E-state index contributed by atoms with van der Waals surface area (Å²) in [5.74, 6) is 0.170. The molecule has 0 saturated heterocycles. The highest BCUT2D eigenvalue weighted by molar-refractivity contribution is 6.33. The third kappa shape index (κ3) is 4.16. The van der Waals surface area contributed by atoms with Gasteiger partial charge in [-0.15, -0.1) is 0 Å². The number of amides is 2. The van der Waals surface area contributed by atoms with Crippen molar-refractivity contribution < 1.29 is 9.59 Å². The second kappa shape index (κ2) is 8.35. The van der Waals surface area contributed by atoms with Crippen molar-refractivity contribution in [1.29, 1.82) is 0 Å². The molecule has 4 rings (SSSR count). The van der Waals surface area contributed by atoms with E-state index in [4.69, 9.17) is 11.6 Å². The molecule has 0 atom stereocenters. The molecule has 148 valence electrons. The Kier molecular flexibility index (Phi) is 5.46. The highest BCUT2D eigenvalue weighted by atomic mass is 35.5. The molecule has 0 radical (unpaired) electrons. The minimum atomic E-state index is -0.226. The fraction of sp³-hybridized carbons (Fsp3) is 0.0417. The lowest BCUT2D eigenvalue weighted by Gasteiger charge is -2.19. The topological polar surface area (TPSA) is 61.8 Å². The van der Waals surface area contributed by atoms with Crippen molar-refractivity contribution in [2.75, 3.05) is 10.2 Å². The molecule has 0 bridgehead atoms. The van der Waals surface area contributed by atoms with E-state index in [0.29, 0.717) is 27.9 Å². The Hall–Kier alpha value is -3.70. The van der Waals surface area contributed by atoms with Crippen LogP contribution in [0.5, 0.6) is 0 Å². The number of benzene rings is 3. The quantitative estimate of drug-likeness (QED) is 0.600. The number of halogens is 1. The predicted octanol–water partition coefficient (Wildman–Crippen LogP) is 5.13. The molecule has 2 amide bonds. The Morgan fingerprint density at radius 3 is 2.27 bits per heavy atom. The highest BCUT2D eigenvalue weighted by Crippen LogP contribution is 2.29. The lowest BCUT2D eigenvalue weighted by molar-refractivity contribution is -0.114. The maximum absolute atomic E-state index is 13.3. The van der Waals surface area contributed by atoms with Crippen LogP contribution in [0.3, 0.4) is 0 Å². The van der Waals surface area contributed by atoms with Gasteiger partial charge in [-0.1, -0.05) is 54.1 Å². The minimum Gasteiger partial charge on any atom is -0.326 e. The summed E-state index contributed by atoms with van der Waals surface area (Å²) in [6, 6.07) is 23.9. The van der Waals surface area contributed by atoms with E-state index >= 15 is 0 Å². The molecule has 0 spiro atoms. The zero-order valence-electron chi connectivity index (χ0n) is 16.2. The molecule has 0 unspecified atom stereocenters. The number of anilines is 2. The summed E-state index contributed by atoms with van der Waals surface area (Å²) >= 11 is 5.96. The van der Waals surface area contributed by atoms with Crippen LogP contribution in [0, 0.1) is 0 Å².